The summed E-state index contributed by atoms with van der Waals surface area (Å²) < 4.78 is 24.8. The molecule has 0 saturated carbocycles. The molecule has 0 aromatic carbocycles. The van der Waals surface area contributed by atoms with Crippen LogP contribution in [0.5, 0.6) is 0 Å². The van der Waals surface area contributed by atoms with Gasteiger partial charge < -0.3 is 0 Å². The molecular formula is C8H8BrF2N. The third kappa shape index (κ3) is 1.80. The summed E-state index contributed by atoms with van der Waals surface area (Å²) in [6.07, 6.45) is -0.899. The van der Waals surface area contributed by atoms with Gasteiger partial charge in [0.05, 0.1) is 0 Å². The van der Waals surface area contributed by atoms with Gasteiger partial charge in [0.25, 0.3) is 6.43 Å². The quantitative estimate of drug-likeness (QED) is 0.718. The Labute approximate surface area is 77.9 Å². The summed E-state index contributed by atoms with van der Waals surface area (Å²) in [5, 5.41) is 0.441. The molecule has 0 radical (unpaired) electrons. The lowest BCUT2D eigenvalue weighted by Crippen LogP contribution is -1.97. The number of aromatic nitrogens is 1. The Morgan fingerprint density at radius 2 is 2.25 bits per heavy atom. The van der Waals surface area contributed by atoms with Crippen molar-refractivity contribution in [3.05, 3.63) is 29.1 Å². The van der Waals surface area contributed by atoms with Crippen molar-refractivity contribution in [3.63, 3.8) is 0 Å². The number of nitrogens with zero attached hydrogens (tertiary/aromatic N) is 1. The molecule has 1 heterocycles. The van der Waals surface area contributed by atoms with E-state index in [9.17, 15) is 8.78 Å². The molecule has 0 amide bonds. The van der Waals surface area contributed by atoms with Gasteiger partial charge in [-0.05, 0) is 18.6 Å². The first-order chi connectivity index (χ1) is 5.66. The third-order valence-electron chi connectivity index (χ3n) is 1.64. The predicted molar refractivity (Wildman–Crippen MR) is 46.6 cm³/mol. The van der Waals surface area contributed by atoms with E-state index in [1.165, 1.54) is 6.20 Å². The summed E-state index contributed by atoms with van der Waals surface area (Å²) in [5.41, 5.74) is 1.06. The summed E-state index contributed by atoms with van der Waals surface area (Å²) in [5.74, 6) is 0. The molecule has 0 aliphatic carbocycles. The van der Waals surface area contributed by atoms with Crippen LogP contribution in [0.15, 0.2) is 12.3 Å². The summed E-state index contributed by atoms with van der Waals surface area (Å²) in [6, 6.07) is 1.60. The van der Waals surface area contributed by atoms with Gasteiger partial charge in [0.1, 0.15) is 0 Å². The highest BCUT2D eigenvalue weighted by molar-refractivity contribution is 9.08. The number of rotatable bonds is 2. The molecule has 0 saturated heterocycles. The van der Waals surface area contributed by atoms with Gasteiger partial charge in [0, 0.05) is 22.8 Å². The fraction of sp³-hybridized carbons (Fsp3) is 0.375. The Morgan fingerprint density at radius 3 is 2.67 bits per heavy atom. The Kier molecular flexibility index (Phi) is 3.14. The number of pyridine rings is 1. The molecule has 66 valence electrons. The average molecular weight is 236 g/mol. The summed E-state index contributed by atoms with van der Waals surface area (Å²) in [6.45, 7) is 1.59. The van der Waals surface area contributed by atoms with Crippen molar-refractivity contribution in [2.24, 2.45) is 0 Å². The minimum absolute atomic E-state index is 0.0503. The van der Waals surface area contributed by atoms with E-state index in [2.05, 4.69) is 20.9 Å². The first-order valence-corrected chi connectivity index (χ1v) is 4.57. The van der Waals surface area contributed by atoms with E-state index in [0.717, 1.165) is 0 Å². The Bertz CT molecular complexity index is 276. The molecule has 0 aliphatic rings. The third-order valence-corrected chi connectivity index (χ3v) is 2.25. The second kappa shape index (κ2) is 3.94. The van der Waals surface area contributed by atoms with Crippen LogP contribution in [0.25, 0.3) is 0 Å². The van der Waals surface area contributed by atoms with Crippen molar-refractivity contribution >= 4 is 15.9 Å². The first-order valence-electron chi connectivity index (χ1n) is 3.45. The smallest absolute Gasteiger partial charge is 0.261 e. The zero-order chi connectivity index (χ0) is 9.14. The lowest BCUT2D eigenvalue weighted by atomic mass is 10.1. The fourth-order valence-corrected chi connectivity index (χ4v) is 1.53. The van der Waals surface area contributed by atoms with Gasteiger partial charge in [0.15, 0.2) is 0 Å². The van der Waals surface area contributed by atoms with Crippen molar-refractivity contribution in [3.8, 4) is 0 Å². The summed E-state index contributed by atoms with van der Waals surface area (Å²) in [7, 11) is 0. The topological polar surface area (TPSA) is 12.9 Å². The SMILES string of the molecule is Cc1nccc(CBr)c1C(F)F. The van der Waals surface area contributed by atoms with Crippen LogP contribution in [-0.2, 0) is 5.33 Å². The van der Waals surface area contributed by atoms with Crippen LogP contribution in [0.4, 0.5) is 8.78 Å². The molecule has 0 spiro atoms. The molecule has 0 unspecified atom stereocenters. The molecule has 0 atom stereocenters. The Hall–Kier alpha value is -0.510. The van der Waals surface area contributed by atoms with Crippen LogP contribution in [0, 0.1) is 6.92 Å². The summed E-state index contributed by atoms with van der Waals surface area (Å²) in [4.78, 5) is 3.81. The van der Waals surface area contributed by atoms with Gasteiger partial charge in [-0.25, -0.2) is 8.78 Å². The van der Waals surface area contributed by atoms with Crippen molar-refractivity contribution < 1.29 is 8.78 Å². The minimum atomic E-state index is -2.44. The van der Waals surface area contributed by atoms with Crippen LogP contribution in [-0.4, -0.2) is 4.98 Å². The standard InChI is InChI=1S/C8H8BrF2N/c1-5-7(8(10)11)6(4-9)2-3-12-5/h2-3,8H,4H2,1H3. The molecule has 12 heavy (non-hydrogen) atoms. The van der Waals surface area contributed by atoms with E-state index in [1.807, 2.05) is 0 Å². The predicted octanol–water partition coefficient (Wildman–Crippen LogP) is 3.22. The molecule has 1 aromatic heterocycles. The number of hydrogen-bond donors (Lipinski definition) is 0. The van der Waals surface area contributed by atoms with Crippen LogP contribution < -0.4 is 0 Å². The first kappa shape index (κ1) is 9.58. The molecule has 1 aromatic rings. The van der Waals surface area contributed by atoms with Crippen molar-refractivity contribution in [2.45, 2.75) is 18.7 Å². The zero-order valence-electron chi connectivity index (χ0n) is 6.52. The highest BCUT2D eigenvalue weighted by Gasteiger charge is 2.15. The second-order valence-electron chi connectivity index (χ2n) is 2.40. The number of aryl methyl sites for hydroxylation is 1. The molecule has 1 nitrogen and oxygen atoms in total. The molecule has 0 N–H and O–H groups in total. The Balaban J connectivity index is 3.20. The minimum Gasteiger partial charge on any atom is -0.261 e. The number of halogens is 3. The number of alkyl halides is 3. The van der Waals surface area contributed by atoms with Gasteiger partial charge in [-0.1, -0.05) is 15.9 Å². The van der Waals surface area contributed by atoms with Crippen LogP contribution in [0.1, 0.15) is 23.2 Å². The van der Waals surface area contributed by atoms with Crippen molar-refractivity contribution in [2.75, 3.05) is 0 Å². The van der Waals surface area contributed by atoms with Gasteiger partial charge in [0.2, 0.25) is 0 Å². The largest absolute Gasteiger partial charge is 0.265 e. The van der Waals surface area contributed by atoms with Crippen molar-refractivity contribution in [1.29, 1.82) is 0 Å². The summed E-state index contributed by atoms with van der Waals surface area (Å²) >= 11 is 3.15. The lowest BCUT2D eigenvalue weighted by Gasteiger charge is -2.07. The molecule has 1 rings (SSSR count). The molecular weight excluding hydrogens is 228 g/mol. The van der Waals surface area contributed by atoms with Gasteiger partial charge in [-0.2, -0.15) is 0 Å². The molecule has 4 heteroatoms. The van der Waals surface area contributed by atoms with Gasteiger partial charge >= 0.3 is 0 Å². The molecule has 0 aliphatic heterocycles. The maximum Gasteiger partial charge on any atom is 0.265 e. The van der Waals surface area contributed by atoms with E-state index in [1.54, 1.807) is 13.0 Å². The van der Waals surface area contributed by atoms with Crippen LogP contribution in [0.3, 0.4) is 0 Å². The van der Waals surface area contributed by atoms with E-state index in [-0.39, 0.29) is 5.56 Å². The van der Waals surface area contributed by atoms with E-state index in [0.29, 0.717) is 16.6 Å². The van der Waals surface area contributed by atoms with E-state index < -0.39 is 6.43 Å². The zero-order valence-corrected chi connectivity index (χ0v) is 8.11. The van der Waals surface area contributed by atoms with E-state index in [4.69, 9.17) is 0 Å². The van der Waals surface area contributed by atoms with E-state index >= 15 is 0 Å². The second-order valence-corrected chi connectivity index (χ2v) is 2.96. The normalized spacial score (nSPS) is 10.8. The molecule has 0 fully saturated rings. The Morgan fingerprint density at radius 1 is 1.58 bits per heavy atom. The van der Waals surface area contributed by atoms with Crippen LogP contribution >= 0.6 is 15.9 Å². The lowest BCUT2D eigenvalue weighted by molar-refractivity contribution is 0.149. The monoisotopic (exact) mass is 235 g/mol. The van der Waals surface area contributed by atoms with Gasteiger partial charge in [-0.3, -0.25) is 4.98 Å². The van der Waals surface area contributed by atoms with Crippen molar-refractivity contribution in [1.82, 2.24) is 4.98 Å². The maximum atomic E-state index is 12.4. The van der Waals surface area contributed by atoms with Gasteiger partial charge in [-0.15, -0.1) is 0 Å². The maximum absolute atomic E-state index is 12.4. The average Bonchev–Trinajstić information content (AvgIpc) is 2.03. The highest BCUT2D eigenvalue weighted by Crippen LogP contribution is 2.26. The highest BCUT2D eigenvalue weighted by atomic mass is 79.9. The molecule has 0 bridgehead atoms. The number of hydrogen-bond acceptors (Lipinski definition) is 1. The van der Waals surface area contributed by atoms with Crippen LogP contribution in [0.2, 0.25) is 0 Å². The fourth-order valence-electron chi connectivity index (χ4n) is 1.05.